The van der Waals surface area contributed by atoms with Crippen molar-refractivity contribution in [2.24, 2.45) is 41.1 Å². The maximum atomic E-state index is 13.6. The standard InChI is InChI=1S/C46H76N10O12S/c1-11-26(10)38(45(66)52-32(46(67)68)17-23(4)5)56-42(63)33(21-69)53-44(65)37(25(8)9)55-41(62)31(19-34(48)58)50-35(59)20-49-43(64)36(24(6)7)54-40(61)30(16-22(2)3)51-39(60)29(47)18-27-12-14-28(57)15-13-27/h12-15,22-26,29-33,36-38,57,69H,11,16-21,47H2,1-10H3,(H2,48,58)(H,49,64)(H,50,59)(H,51,60)(H,52,66)(H,53,65)(H,54,61)(H,55,62)(H,56,63)(H,67,68)/t26-,29-,30-,31-,32-,33-,36-,37-,38-/m0/s1. The molecule has 0 aliphatic rings. The minimum Gasteiger partial charge on any atom is -0.508 e. The molecular weight excluding hydrogens is 917 g/mol. The molecule has 0 radical (unpaired) electrons. The van der Waals surface area contributed by atoms with Gasteiger partial charge >= 0.3 is 5.97 Å². The lowest BCUT2D eigenvalue weighted by molar-refractivity contribution is -0.143. The number of nitrogens with one attached hydrogen (secondary N) is 8. The van der Waals surface area contributed by atoms with E-state index in [1.54, 1.807) is 67.5 Å². The molecule has 0 spiro atoms. The Morgan fingerprint density at radius 2 is 1.03 bits per heavy atom. The van der Waals surface area contributed by atoms with E-state index in [1.165, 1.54) is 12.1 Å². The summed E-state index contributed by atoms with van der Waals surface area (Å²) in [4.78, 5) is 131. The van der Waals surface area contributed by atoms with Crippen molar-refractivity contribution in [1.82, 2.24) is 42.5 Å². The molecule has 388 valence electrons. The first-order valence-electron chi connectivity index (χ1n) is 23.2. The van der Waals surface area contributed by atoms with Crippen molar-refractivity contribution in [2.75, 3.05) is 12.3 Å². The monoisotopic (exact) mass is 993 g/mol. The topological polar surface area (TPSA) is 359 Å². The average Bonchev–Trinajstić information content (AvgIpc) is 3.25. The van der Waals surface area contributed by atoms with Crippen molar-refractivity contribution in [1.29, 1.82) is 0 Å². The molecule has 69 heavy (non-hydrogen) atoms. The zero-order valence-electron chi connectivity index (χ0n) is 41.3. The lowest BCUT2D eigenvalue weighted by atomic mass is 9.96. The molecule has 0 aliphatic heterocycles. The van der Waals surface area contributed by atoms with Gasteiger partial charge in [-0.25, -0.2) is 4.79 Å². The van der Waals surface area contributed by atoms with Gasteiger partial charge in [-0.3, -0.25) is 43.2 Å². The van der Waals surface area contributed by atoms with Crippen LogP contribution >= 0.6 is 12.6 Å². The van der Waals surface area contributed by atoms with Crippen molar-refractivity contribution < 1.29 is 58.2 Å². The van der Waals surface area contributed by atoms with E-state index < -0.39 is 138 Å². The predicted molar refractivity (Wildman–Crippen MR) is 260 cm³/mol. The van der Waals surface area contributed by atoms with Crippen LogP contribution in [0.2, 0.25) is 0 Å². The molecule has 1 aromatic rings. The first kappa shape index (κ1) is 61.0. The molecule has 0 bridgehead atoms. The fraction of sp³-hybridized carbons (Fsp3) is 0.652. The van der Waals surface area contributed by atoms with Crippen LogP contribution < -0.4 is 54.0 Å². The number of primary amides is 1. The third kappa shape index (κ3) is 21.9. The number of hydrogen-bond donors (Lipinski definition) is 13. The Hall–Kier alpha value is -5.97. The fourth-order valence-corrected chi connectivity index (χ4v) is 7.09. The molecule has 0 saturated heterocycles. The van der Waals surface area contributed by atoms with Gasteiger partial charge in [0.25, 0.3) is 0 Å². The third-order valence-electron chi connectivity index (χ3n) is 11.0. The highest BCUT2D eigenvalue weighted by Gasteiger charge is 2.36. The Morgan fingerprint density at radius 1 is 0.580 bits per heavy atom. The quantitative estimate of drug-likeness (QED) is 0.0417. The van der Waals surface area contributed by atoms with E-state index in [4.69, 9.17) is 11.5 Å². The Balaban J connectivity index is 3.08. The van der Waals surface area contributed by atoms with E-state index in [9.17, 15) is 58.2 Å². The number of carbonyl (C=O) groups excluding carboxylic acids is 9. The van der Waals surface area contributed by atoms with Crippen molar-refractivity contribution in [3.8, 4) is 5.75 Å². The maximum Gasteiger partial charge on any atom is 0.326 e. The van der Waals surface area contributed by atoms with Gasteiger partial charge in [0.05, 0.1) is 19.0 Å². The number of carboxylic acids is 1. The lowest BCUT2D eigenvalue weighted by Gasteiger charge is -2.29. The van der Waals surface area contributed by atoms with Gasteiger partial charge in [0, 0.05) is 5.75 Å². The Morgan fingerprint density at radius 3 is 1.51 bits per heavy atom. The predicted octanol–water partition coefficient (Wildman–Crippen LogP) is -0.888. The normalized spacial score (nSPS) is 15.2. The Bertz CT molecular complexity index is 1930. The van der Waals surface area contributed by atoms with E-state index in [0.717, 1.165) is 0 Å². The van der Waals surface area contributed by atoms with E-state index in [-0.39, 0.29) is 42.6 Å². The number of carbonyl (C=O) groups is 10. The van der Waals surface area contributed by atoms with Gasteiger partial charge in [-0.1, -0.05) is 87.8 Å². The first-order chi connectivity index (χ1) is 32.1. The van der Waals surface area contributed by atoms with Crippen molar-refractivity contribution in [2.45, 2.75) is 150 Å². The summed E-state index contributed by atoms with van der Waals surface area (Å²) >= 11 is 4.21. The number of aliphatic carboxylic acids is 1. The molecule has 0 saturated carbocycles. The summed E-state index contributed by atoms with van der Waals surface area (Å²) < 4.78 is 0. The van der Waals surface area contributed by atoms with Gasteiger partial charge in [0.1, 0.15) is 48.0 Å². The van der Waals surface area contributed by atoms with Gasteiger partial charge in [-0.15, -0.1) is 0 Å². The van der Waals surface area contributed by atoms with Crippen LogP contribution in [0, 0.1) is 29.6 Å². The lowest BCUT2D eigenvalue weighted by Crippen LogP contribution is -2.61. The molecule has 23 heteroatoms. The summed E-state index contributed by atoms with van der Waals surface area (Å²) in [5, 5.41) is 39.3. The Labute approximate surface area is 409 Å². The summed E-state index contributed by atoms with van der Waals surface area (Å²) in [5.41, 5.74) is 12.2. The molecular formula is C46H76N10O12S. The van der Waals surface area contributed by atoms with E-state index in [0.29, 0.717) is 12.0 Å². The molecule has 22 nitrogen and oxygen atoms in total. The molecule has 1 aromatic carbocycles. The van der Waals surface area contributed by atoms with Crippen LogP contribution in [0.1, 0.15) is 100 Å². The number of amides is 9. The smallest absolute Gasteiger partial charge is 0.326 e. The maximum absolute atomic E-state index is 13.6. The second-order valence-electron chi connectivity index (χ2n) is 18.8. The molecule has 0 aromatic heterocycles. The number of phenols is 1. The SMILES string of the molecule is CC[C@H](C)[C@H](NC(=O)[C@H](CS)NC(=O)[C@@H](NC(=O)[C@H](CC(N)=O)NC(=O)CNC(=O)[C@@H](NC(=O)[C@H](CC(C)C)NC(=O)[C@@H](N)Cc1ccc(O)cc1)C(C)C)C(C)C)C(=O)N[C@@H](CC(C)C)C(=O)O. The molecule has 9 amide bonds. The van der Waals surface area contributed by atoms with Crippen LogP contribution in [0.4, 0.5) is 0 Å². The highest BCUT2D eigenvalue weighted by Crippen LogP contribution is 2.14. The third-order valence-corrected chi connectivity index (χ3v) is 11.3. The number of thiol groups is 1. The number of phenolic OH excluding ortho intramolecular Hbond substituents is 1. The second kappa shape index (κ2) is 29.8. The highest BCUT2D eigenvalue weighted by atomic mass is 32.1. The fourth-order valence-electron chi connectivity index (χ4n) is 6.84. The summed E-state index contributed by atoms with van der Waals surface area (Å²) in [6, 6.07) is -3.88. The van der Waals surface area contributed by atoms with E-state index in [1.807, 2.05) is 13.8 Å². The van der Waals surface area contributed by atoms with Gasteiger partial charge in [0.15, 0.2) is 0 Å². The van der Waals surface area contributed by atoms with E-state index in [2.05, 4.69) is 55.2 Å². The molecule has 9 atom stereocenters. The van der Waals surface area contributed by atoms with Gasteiger partial charge in [-0.05, 0) is 66.5 Å². The number of nitrogens with two attached hydrogens (primary N) is 2. The molecule has 14 N–H and O–H groups in total. The summed E-state index contributed by atoms with van der Waals surface area (Å²) in [7, 11) is 0. The second-order valence-corrected chi connectivity index (χ2v) is 19.1. The largest absolute Gasteiger partial charge is 0.508 e. The molecule has 0 heterocycles. The zero-order chi connectivity index (χ0) is 52.9. The van der Waals surface area contributed by atoms with Gasteiger partial charge in [-0.2, -0.15) is 12.6 Å². The zero-order valence-corrected chi connectivity index (χ0v) is 42.2. The van der Waals surface area contributed by atoms with Crippen LogP contribution in [-0.4, -0.2) is 130 Å². The number of rotatable bonds is 30. The highest BCUT2D eigenvalue weighted by molar-refractivity contribution is 7.80. The summed E-state index contributed by atoms with van der Waals surface area (Å²) in [5.74, 6) is -10.6. The van der Waals surface area contributed by atoms with Crippen LogP contribution in [0.25, 0.3) is 0 Å². The van der Waals surface area contributed by atoms with Gasteiger partial charge in [0.2, 0.25) is 53.2 Å². The minimum absolute atomic E-state index is 0.0468. The number of aromatic hydroxyl groups is 1. The van der Waals surface area contributed by atoms with Crippen LogP contribution in [0.15, 0.2) is 24.3 Å². The van der Waals surface area contributed by atoms with Crippen molar-refractivity contribution >= 4 is 71.8 Å². The van der Waals surface area contributed by atoms with Crippen LogP contribution in [-0.2, 0) is 54.4 Å². The molecule has 1 rings (SSSR count). The summed E-state index contributed by atoms with van der Waals surface area (Å²) in [6.07, 6.45) is 0.171. The van der Waals surface area contributed by atoms with E-state index >= 15 is 0 Å². The summed E-state index contributed by atoms with van der Waals surface area (Å²) in [6.45, 7) is 16.4. The minimum atomic E-state index is -1.63. The molecule has 0 aliphatic carbocycles. The van der Waals surface area contributed by atoms with Crippen LogP contribution in [0.3, 0.4) is 0 Å². The van der Waals surface area contributed by atoms with Crippen LogP contribution in [0.5, 0.6) is 5.75 Å². The number of carboxylic acid groups (broad SMARTS) is 1. The first-order valence-corrected chi connectivity index (χ1v) is 23.8. The average molecular weight is 993 g/mol. The number of hydrogen-bond acceptors (Lipinski definition) is 13. The van der Waals surface area contributed by atoms with Gasteiger partial charge < -0.3 is 64.2 Å². The number of benzene rings is 1. The van der Waals surface area contributed by atoms with Crippen molar-refractivity contribution in [3.05, 3.63) is 29.8 Å². The Kier molecular flexibility index (Phi) is 26.4. The van der Waals surface area contributed by atoms with Crippen molar-refractivity contribution in [3.63, 3.8) is 0 Å². The molecule has 0 fully saturated rings. The molecule has 0 unspecified atom stereocenters.